The summed E-state index contributed by atoms with van der Waals surface area (Å²) in [6.07, 6.45) is 2.30. The van der Waals surface area contributed by atoms with Crippen molar-refractivity contribution in [3.8, 4) is 0 Å². The zero-order valence-corrected chi connectivity index (χ0v) is 6.84. The van der Waals surface area contributed by atoms with Crippen LogP contribution in [0.15, 0.2) is 12.4 Å². The van der Waals surface area contributed by atoms with Crippen LogP contribution in [0.4, 0.5) is 11.4 Å². The third-order valence-electron chi connectivity index (χ3n) is 1.60. The van der Waals surface area contributed by atoms with Crippen molar-refractivity contribution in [2.75, 3.05) is 0 Å². The van der Waals surface area contributed by atoms with Gasteiger partial charge >= 0.3 is 11.4 Å². The molecule has 0 spiro atoms. The third-order valence-corrected chi connectivity index (χ3v) is 1.60. The average Bonchev–Trinajstić information content (AvgIpc) is 2.47. The van der Waals surface area contributed by atoms with Gasteiger partial charge in [-0.15, -0.1) is 0 Å². The van der Waals surface area contributed by atoms with E-state index in [1.165, 1.54) is 4.57 Å². The first-order chi connectivity index (χ1) is 6.06. The van der Waals surface area contributed by atoms with Crippen molar-refractivity contribution < 1.29 is 9.85 Å². The Balaban J connectivity index is 3.23. The lowest BCUT2D eigenvalue weighted by atomic mass is 10.5. The number of rotatable bonds is 3. The first-order valence-electron chi connectivity index (χ1n) is 3.54. The fourth-order valence-electron chi connectivity index (χ4n) is 0.948. The van der Waals surface area contributed by atoms with Crippen LogP contribution in [0.1, 0.15) is 6.92 Å². The summed E-state index contributed by atoms with van der Waals surface area (Å²) in [6, 6.07) is 0. The van der Waals surface area contributed by atoms with Gasteiger partial charge < -0.3 is 4.57 Å². The molecule has 0 bridgehead atoms. The number of hydrogen-bond acceptors (Lipinski definition) is 4. The van der Waals surface area contributed by atoms with Crippen molar-refractivity contribution in [2.24, 2.45) is 0 Å². The molecule has 1 rings (SSSR count). The largest absolute Gasteiger partial charge is 0.363 e. The molecule has 13 heavy (non-hydrogen) atoms. The standard InChI is InChI=1S/C6H7N3O4/c1-2-7-3-5(8(10)11)6(4-7)9(12)13/h3-4H,2H2,1H3. The monoisotopic (exact) mass is 185 g/mol. The second kappa shape index (κ2) is 3.21. The van der Waals surface area contributed by atoms with Crippen molar-refractivity contribution in [1.29, 1.82) is 0 Å². The normalized spacial score (nSPS) is 9.92. The van der Waals surface area contributed by atoms with Gasteiger partial charge in [-0.1, -0.05) is 0 Å². The van der Waals surface area contributed by atoms with E-state index in [9.17, 15) is 20.2 Å². The van der Waals surface area contributed by atoms with E-state index in [0.717, 1.165) is 12.4 Å². The van der Waals surface area contributed by atoms with Crippen molar-refractivity contribution >= 4 is 11.4 Å². The molecule has 0 amide bonds. The molecule has 0 aliphatic rings. The first-order valence-corrected chi connectivity index (χ1v) is 3.54. The second-order valence-corrected chi connectivity index (χ2v) is 2.37. The lowest BCUT2D eigenvalue weighted by molar-refractivity contribution is -0.421. The molecule has 0 radical (unpaired) electrons. The molecule has 0 unspecified atom stereocenters. The number of aromatic nitrogens is 1. The highest BCUT2D eigenvalue weighted by atomic mass is 16.6. The molecular formula is C6H7N3O4. The Hall–Kier alpha value is -1.92. The van der Waals surface area contributed by atoms with Gasteiger partial charge in [0.15, 0.2) is 0 Å². The van der Waals surface area contributed by atoms with Crippen LogP contribution >= 0.6 is 0 Å². The summed E-state index contributed by atoms with van der Waals surface area (Å²) in [5.41, 5.74) is -0.932. The molecule has 0 fully saturated rings. The van der Waals surface area contributed by atoms with E-state index in [1.807, 2.05) is 0 Å². The van der Waals surface area contributed by atoms with Gasteiger partial charge in [0.25, 0.3) is 0 Å². The number of aryl methyl sites for hydroxylation is 1. The Morgan fingerprint density at radius 2 is 1.62 bits per heavy atom. The molecule has 1 aromatic rings. The van der Waals surface area contributed by atoms with Gasteiger partial charge in [-0.25, -0.2) is 0 Å². The molecule has 1 heterocycles. The van der Waals surface area contributed by atoms with Gasteiger partial charge in [-0.05, 0) is 6.92 Å². The van der Waals surface area contributed by atoms with Gasteiger partial charge in [-0.3, -0.25) is 20.2 Å². The van der Waals surface area contributed by atoms with E-state index in [4.69, 9.17) is 0 Å². The molecule has 0 saturated heterocycles. The summed E-state index contributed by atoms with van der Waals surface area (Å²) in [5, 5.41) is 20.7. The molecule has 7 heteroatoms. The lowest BCUT2D eigenvalue weighted by Gasteiger charge is -1.88. The third kappa shape index (κ3) is 1.63. The summed E-state index contributed by atoms with van der Waals surface area (Å²) in [5.74, 6) is 0. The lowest BCUT2D eigenvalue weighted by Crippen LogP contribution is -1.91. The minimum atomic E-state index is -0.760. The summed E-state index contributed by atoms with van der Waals surface area (Å²) < 4.78 is 1.40. The molecule has 0 aliphatic carbocycles. The maximum atomic E-state index is 10.3. The summed E-state index contributed by atoms with van der Waals surface area (Å²) in [4.78, 5) is 19.2. The van der Waals surface area contributed by atoms with Crippen molar-refractivity contribution in [1.82, 2.24) is 4.57 Å². The molecule has 0 atom stereocenters. The zero-order chi connectivity index (χ0) is 10.0. The molecular weight excluding hydrogens is 178 g/mol. The summed E-state index contributed by atoms with van der Waals surface area (Å²) >= 11 is 0. The predicted octanol–water partition coefficient (Wildman–Crippen LogP) is 1.32. The molecule has 7 nitrogen and oxygen atoms in total. The minimum Gasteiger partial charge on any atom is -0.342 e. The summed E-state index contributed by atoms with van der Waals surface area (Å²) in [6.45, 7) is 2.21. The van der Waals surface area contributed by atoms with E-state index in [1.54, 1.807) is 6.92 Å². The smallest absolute Gasteiger partial charge is 0.342 e. The Morgan fingerprint density at radius 1 is 1.23 bits per heavy atom. The number of nitrogens with zero attached hydrogens (tertiary/aromatic N) is 3. The number of hydrogen-bond donors (Lipinski definition) is 0. The maximum absolute atomic E-state index is 10.3. The molecule has 0 saturated carbocycles. The van der Waals surface area contributed by atoms with Crippen LogP contribution in [0.3, 0.4) is 0 Å². The van der Waals surface area contributed by atoms with Crippen LogP contribution in [0.25, 0.3) is 0 Å². The van der Waals surface area contributed by atoms with E-state index >= 15 is 0 Å². The van der Waals surface area contributed by atoms with Crippen LogP contribution in [0.5, 0.6) is 0 Å². The number of nitro groups is 2. The quantitative estimate of drug-likeness (QED) is 0.524. The van der Waals surface area contributed by atoms with E-state index < -0.39 is 21.2 Å². The highest BCUT2D eigenvalue weighted by Crippen LogP contribution is 2.26. The van der Waals surface area contributed by atoms with Crippen molar-refractivity contribution in [2.45, 2.75) is 13.5 Å². The maximum Gasteiger partial charge on any atom is 0.363 e. The first kappa shape index (κ1) is 9.17. The van der Waals surface area contributed by atoms with E-state index in [2.05, 4.69) is 0 Å². The van der Waals surface area contributed by atoms with Crippen molar-refractivity contribution in [3.63, 3.8) is 0 Å². The highest BCUT2D eigenvalue weighted by Gasteiger charge is 2.26. The van der Waals surface area contributed by atoms with E-state index in [0.29, 0.717) is 6.54 Å². The highest BCUT2D eigenvalue weighted by molar-refractivity contribution is 5.50. The Bertz CT molecular complexity index is 325. The van der Waals surface area contributed by atoms with Gasteiger partial charge in [0.05, 0.1) is 22.2 Å². The van der Waals surface area contributed by atoms with Crippen molar-refractivity contribution in [3.05, 3.63) is 32.6 Å². The molecule has 0 aromatic carbocycles. The summed E-state index contributed by atoms with van der Waals surface area (Å²) in [7, 11) is 0. The van der Waals surface area contributed by atoms with E-state index in [-0.39, 0.29) is 0 Å². The fraction of sp³-hybridized carbons (Fsp3) is 0.333. The zero-order valence-electron chi connectivity index (χ0n) is 6.84. The van der Waals surface area contributed by atoms with Gasteiger partial charge in [0.1, 0.15) is 0 Å². The molecule has 1 aromatic heterocycles. The minimum absolute atomic E-state index is 0.466. The Labute approximate surface area is 72.9 Å². The van der Waals surface area contributed by atoms with Gasteiger partial charge in [-0.2, -0.15) is 0 Å². The topological polar surface area (TPSA) is 91.2 Å². The average molecular weight is 185 g/mol. The fourth-order valence-corrected chi connectivity index (χ4v) is 0.948. The van der Waals surface area contributed by atoms with Crippen LogP contribution in [-0.2, 0) is 6.54 Å². The van der Waals surface area contributed by atoms with Gasteiger partial charge in [0.2, 0.25) is 0 Å². The van der Waals surface area contributed by atoms with Gasteiger partial charge in [0, 0.05) is 6.54 Å². The molecule has 0 N–H and O–H groups in total. The molecule has 70 valence electrons. The van der Waals surface area contributed by atoms with Crippen LogP contribution in [0.2, 0.25) is 0 Å². The Morgan fingerprint density at radius 3 is 1.85 bits per heavy atom. The Kier molecular flexibility index (Phi) is 2.27. The molecule has 0 aliphatic heterocycles. The van der Waals surface area contributed by atoms with Crippen LogP contribution < -0.4 is 0 Å². The van der Waals surface area contributed by atoms with Crippen LogP contribution in [0, 0.1) is 20.2 Å². The second-order valence-electron chi connectivity index (χ2n) is 2.37. The predicted molar refractivity (Wildman–Crippen MR) is 43.4 cm³/mol. The SMILES string of the molecule is CCn1cc([N+](=O)[O-])c([N+](=O)[O-])c1. The van der Waals surface area contributed by atoms with Crippen LogP contribution in [-0.4, -0.2) is 14.4 Å².